The number of aliphatic hydroxyl groups excluding tert-OH is 1. The maximum Gasteiger partial charge on any atom is 0.306 e. The molecule has 0 aliphatic carbocycles. The van der Waals surface area contributed by atoms with E-state index in [0.717, 1.165) is 122 Å². The lowest BCUT2D eigenvalue weighted by molar-refractivity contribution is -0.161. The van der Waals surface area contributed by atoms with Crippen LogP contribution >= 0.6 is 0 Å². The van der Waals surface area contributed by atoms with Crippen molar-refractivity contribution in [1.82, 2.24) is 0 Å². The molecular weight excluding hydrogens is 909 g/mol. The summed E-state index contributed by atoms with van der Waals surface area (Å²) in [5, 5.41) is 9.67. The zero-order chi connectivity index (χ0) is 53.4. The van der Waals surface area contributed by atoms with Crippen molar-refractivity contribution in [1.29, 1.82) is 0 Å². The lowest BCUT2D eigenvalue weighted by Gasteiger charge is -2.15. The maximum absolute atomic E-state index is 12.3. The van der Waals surface area contributed by atoms with Gasteiger partial charge in [-0.3, -0.25) is 9.59 Å². The van der Waals surface area contributed by atoms with Crippen LogP contribution in [0.25, 0.3) is 0 Å². The largest absolute Gasteiger partial charge is 0.462 e. The second-order valence-corrected chi connectivity index (χ2v) is 19.7. The third-order valence-electron chi connectivity index (χ3n) is 12.6. The third-order valence-corrected chi connectivity index (χ3v) is 12.6. The van der Waals surface area contributed by atoms with Gasteiger partial charge in [-0.1, -0.05) is 269 Å². The Labute approximate surface area is 457 Å². The average molecular weight is 1020 g/mol. The van der Waals surface area contributed by atoms with Crippen molar-refractivity contribution in [2.75, 3.05) is 13.2 Å². The number of rotatable bonds is 54. The summed E-state index contributed by atoms with van der Waals surface area (Å²) in [5.74, 6) is -0.626. The first-order chi connectivity index (χ1) is 36.6. The highest BCUT2D eigenvalue weighted by atomic mass is 16.6. The molecule has 1 atom stereocenters. The molecule has 0 spiro atoms. The van der Waals surface area contributed by atoms with E-state index in [4.69, 9.17) is 9.47 Å². The van der Waals surface area contributed by atoms with E-state index >= 15 is 0 Å². The highest BCUT2D eigenvalue weighted by Gasteiger charge is 2.16. The van der Waals surface area contributed by atoms with Crippen LogP contribution < -0.4 is 0 Å². The Balaban J connectivity index is 3.62. The van der Waals surface area contributed by atoms with Crippen molar-refractivity contribution >= 4 is 11.9 Å². The molecule has 0 aromatic carbocycles. The first kappa shape index (κ1) is 69.8. The van der Waals surface area contributed by atoms with E-state index in [1.165, 1.54) is 109 Å². The van der Waals surface area contributed by atoms with Crippen LogP contribution in [0.4, 0.5) is 0 Å². The van der Waals surface area contributed by atoms with E-state index in [1.54, 1.807) is 0 Å². The van der Waals surface area contributed by atoms with Crippen LogP contribution in [-0.4, -0.2) is 36.4 Å². The second kappa shape index (κ2) is 63.1. The van der Waals surface area contributed by atoms with Gasteiger partial charge in [0.1, 0.15) is 6.61 Å². The van der Waals surface area contributed by atoms with Gasteiger partial charge >= 0.3 is 11.9 Å². The number of aliphatic hydroxyl groups is 1. The standard InChI is InChI=1S/C69H112O5/c1-3-5-7-9-11-13-15-17-19-21-23-25-27-29-30-31-32-33-34-35-36-37-38-40-42-44-46-48-50-52-54-56-58-60-62-64-69(72)74-67(65-70)66-73-68(71)63-61-59-57-55-53-51-49-47-45-43-41-39-28-26-24-22-20-18-16-14-12-10-8-6-4-2/h5,7,11,13,16-19,22-25,29-30,32-33,35-36,38,40,44,46,50,52,67,70H,3-4,6,8-10,12,14-15,20-21,26-28,31,34,37,39,41-43,45,47-49,51,53-66H2,1-2H3/b7-5-,13-11-,18-16-,19-17-,24-22-,25-23-,30-29-,33-32-,36-35-,40-38-,46-44-,52-50-. The molecule has 0 aliphatic rings. The minimum atomic E-state index is -0.798. The van der Waals surface area contributed by atoms with E-state index in [9.17, 15) is 14.7 Å². The number of hydrogen-bond donors (Lipinski definition) is 1. The number of allylic oxidation sites excluding steroid dienone is 24. The molecule has 5 heteroatoms. The molecule has 1 N–H and O–H groups in total. The molecule has 0 saturated heterocycles. The van der Waals surface area contributed by atoms with Crippen LogP contribution in [0.3, 0.4) is 0 Å². The van der Waals surface area contributed by atoms with E-state index in [-0.39, 0.29) is 25.2 Å². The molecule has 74 heavy (non-hydrogen) atoms. The van der Waals surface area contributed by atoms with Crippen LogP contribution in [0.2, 0.25) is 0 Å². The molecule has 0 bridgehead atoms. The fourth-order valence-corrected chi connectivity index (χ4v) is 8.08. The summed E-state index contributed by atoms with van der Waals surface area (Å²) in [6.45, 7) is 4.00. The fourth-order valence-electron chi connectivity index (χ4n) is 8.08. The molecule has 0 aromatic rings. The number of esters is 2. The number of hydrogen-bond acceptors (Lipinski definition) is 5. The summed E-state index contributed by atoms with van der Waals surface area (Å²) < 4.78 is 10.7. The summed E-state index contributed by atoms with van der Waals surface area (Å²) in [4.78, 5) is 24.6. The molecule has 0 amide bonds. The molecule has 0 rings (SSSR count). The Morgan fingerprint density at radius 2 is 0.581 bits per heavy atom. The first-order valence-corrected chi connectivity index (χ1v) is 30.4. The molecule has 5 nitrogen and oxygen atoms in total. The minimum Gasteiger partial charge on any atom is -0.462 e. The zero-order valence-corrected chi connectivity index (χ0v) is 47.8. The van der Waals surface area contributed by atoms with Crippen molar-refractivity contribution in [2.24, 2.45) is 0 Å². The second-order valence-electron chi connectivity index (χ2n) is 19.7. The number of unbranched alkanes of at least 4 members (excludes halogenated alkanes) is 22. The van der Waals surface area contributed by atoms with Gasteiger partial charge in [0.05, 0.1) is 6.61 Å². The van der Waals surface area contributed by atoms with Crippen molar-refractivity contribution in [3.05, 3.63) is 146 Å². The van der Waals surface area contributed by atoms with Crippen molar-refractivity contribution < 1.29 is 24.2 Å². The highest BCUT2D eigenvalue weighted by Crippen LogP contribution is 2.15. The van der Waals surface area contributed by atoms with Crippen molar-refractivity contribution in [2.45, 2.75) is 264 Å². The molecule has 0 saturated carbocycles. The molecule has 418 valence electrons. The lowest BCUT2D eigenvalue weighted by atomic mass is 10.0. The van der Waals surface area contributed by atoms with Crippen molar-refractivity contribution in [3.63, 3.8) is 0 Å². The van der Waals surface area contributed by atoms with Crippen LogP contribution in [0, 0.1) is 0 Å². The predicted molar refractivity (Wildman–Crippen MR) is 324 cm³/mol. The van der Waals surface area contributed by atoms with Gasteiger partial charge in [0.2, 0.25) is 0 Å². The van der Waals surface area contributed by atoms with Gasteiger partial charge in [-0.05, 0) is 122 Å². The Morgan fingerprint density at radius 3 is 0.878 bits per heavy atom. The van der Waals surface area contributed by atoms with E-state index in [0.29, 0.717) is 12.8 Å². The van der Waals surface area contributed by atoms with Gasteiger partial charge in [0, 0.05) is 12.8 Å². The number of ether oxygens (including phenoxy) is 2. The third kappa shape index (κ3) is 60.3. The molecule has 0 fully saturated rings. The van der Waals surface area contributed by atoms with Gasteiger partial charge < -0.3 is 14.6 Å². The van der Waals surface area contributed by atoms with Crippen LogP contribution in [0.1, 0.15) is 258 Å². The summed E-state index contributed by atoms with van der Waals surface area (Å²) >= 11 is 0. The first-order valence-electron chi connectivity index (χ1n) is 30.4. The normalized spacial score (nSPS) is 13.3. The number of carbonyl (C=O) groups excluding carboxylic acids is 2. The average Bonchev–Trinajstić information content (AvgIpc) is 3.40. The monoisotopic (exact) mass is 1020 g/mol. The van der Waals surface area contributed by atoms with Gasteiger partial charge in [-0.25, -0.2) is 0 Å². The van der Waals surface area contributed by atoms with E-state index < -0.39 is 6.10 Å². The van der Waals surface area contributed by atoms with Crippen LogP contribution in [-0.2, 0) is 19.1 Å². The molecule has 0 radical (unpaired) electrons. The van der Waals surface area contributed by atoms with Crippen LogP contribution in [0.5, 0.6) is 0 Å². The fraction of sp³-hybridized carbons (Fsp3) is 0.623. The Morgan fingerprint density at radius 1 is 0.324 bits per heavy atom. The Bertz CT molecular complexity index is 1580. The molecule has 0 aliphatic heterocycles. The number of carbonyl (C=O) groups is 2. The smallest absolute Gasteiger partial charge is 0.306 e. The Hall–Kier alpha value is -4.22. The van der Waals surface area contributed by atoms with Gasteiger partial charge in [0.25, 0.3) is 0 Å². The molecular formula is C69H112O5. The van der Waals surface area contributed by atoms with Gasteiger partial charge in [0.15, 0.2) is 6.10 Å². The quantitative estimate of drug-likeness (QED) is 0.0373. The maximum atomic E-state index is 12.3. The Kier molecular flexibility index (Phi) is 59.5. The van der Waals surface area contributed by atoms with E-state index in [2.05, 4.69) is 160 Å². The lowest BCUT2D eigenvalue weighted by Crippen LogP contribution is -2.28. The molecule has 0 heterocycles. The SMILES string of the molecule is CC/C=C\C/C=C\C/C=C\C/C=C\C/C=C\C/C=C\C/C=C\C/C=C\C/C=C\C/C=C\CCCCCCC(=O)OC(CO)COC(=O)CCCCCCCCCCCCCCC/C=C\C/C=C\CCCCCCC. The molecule has 0 aromatic heterocycles. The summed E-state index contributed by atoms with van der Waals surface area (Å²) in [6, 6.07) is 0. The zero-order valence-electron chi connectivity index (χ0n) is 47.8. The van der Waals surface area contributed by atoms with Gasteiger partial charge in [-0.15, -0.1) is 0 Å². The summed E-state index contributed by atoms with van der Waals surface area (Å²) in [5.41, 5.74) is 0. The van der Waals surface area contributed by atoms with Crippen molar-refractivity contribution in [3.8, 4) is 0 Å². The van der Waals surface area contributed by atoms with E-state index in [1.807, 2.05) is 0 Å². The highest BCUT2D eigenvalue weighted by molar-refractivity contribution is 5.70. The predicted octanol–water partition coefficient (Wildman–Crippen LogP) is 21.0. The topological polar surface area (TPSA) is 72.8 Å². The molecule has 1 unspecified atom stereocenters. The van der Waals surface area contributed by atoms with Gasteiger partial charge in [-0.2, -0.15) is 0 Å². The minimum absolute atomic E-state index is 0.0848. The van der Waals surface area contributed by atoms with Crippen LogP contribution in [0.15, 0.2) is 146 Å². The summed E-state index contributed by atoms with van der Waals surface area (Å²) in [6.07, 6.45) is 95.4. The summed E-state index contributed by atoms with van der Waals surface area (Å²) in [7, 11) is 0.